The number of hydrogen-bond acceptors (Lipinski definition) is 4. The minimum absolute atomic E-state index is 0. The highest BCUT2D eigenvalue weighted by Gasteiger charge is 2.42. The molecule has 3 rings (SSSR count). The number of methoxy groups -OCH3 is 1. The van der Waals surface area contributed by atoms with Gasteiger partial charge in [-0.3, -0.25) is 4.99 Å². The predicted molar refractivity (Wildman–Crippen MR) is 113 cm³/mol. The number of aliphatic hydroxyl groups is 1. The number of halogens is 1. The first kappa shape index (κ1) is 21.2. The molecule has 0 aromatic heterocycles. The van der Waals surface area contributed by atoms with Gasteiger partial charge in [-0.2, -0.15) is 0 Å². The highest BCUT2D eigenvalue weighted by Crippen LogP contribution is 2.38. The van der Waals surface area contributed by atoms with Gasteiger partial charge in [-0.15, -0.1) is 24.0 Å². The number of likely N-dealkylation sites (tertiary alicyclic amines) is 1. The molecule has 0 bridgehead atoms. The van der Waals surface area contributed by atoms with Gasteiger partial charge in [0.25, 0.3) is 0 Å². The maximum Gasteiger partial charge on any atom is 0.194 e. The van der Waals surface area contributed by atoms with Gasteiger partial charge in [0.1, 0.15) is 5.75 Å². The van der Waals surface area contributed by atoms with Crippen LogP contribution in [0.4, 0.5) is 0 Å². The Morgan fingerprint density at radius 3 is 2.77 bits per heavy atom. The molecular formula is C19H30IN3O3. The zero-order valence-electron chi connectivity index (χ0n) is 15.6. The summed E-state index contributed by atoms with van der Waals surface area (Å²) in [5, 5.41) is 13.8. The number of rotatable bonds is 5. The van der Waals surface area contributed by atoms with Gasteiger partial charge in [0.05, 0.1) is 26.4 Å². The van der Waals surface area contributed by atoms with Crippen LogP contribution in [0.3, 0.4) is 0 Å². The molecule has 2 saturated heterocycles. The SMILES string of the molecule is CCNC(=NCC(O)c1ccc(OC)cc1)N1CCC2(CCOC2)C1.I. The molecule has 0 aliphatic carbocycles. The van der Waals surface area contributed by atoms with E-state index < -0.39 is 6.10 Å². The van der Waals surface area contributed by atoms with Gasteiger partial charge < -0.3 is 24.8 Å². The quantitative estimate of drug-likeness (QED) is 0.389. The summed E-state index contributed by atoms with van der Waals surface area (Å²) in [5.74, 6) is 1.67. The van der Waals surface area contributed by atoms with Crippen molar-refractivity contribution in [1.82, 2.24) is 10.2 Å². The summed E-state index contributed by atoms with van der Waals surface area (Å²) < 4.78 is 10.8. The van der Waals surface area contributed by atoms with Crippen molar-refractivity contribution in [1.29, 1.82) is 0 Å². The van der Waals surface area contributed by atoms with Crippen LogP contribution in [0, 0.1) is 5.41 Å². The Labute approximate surface area is 173 Å². The number of aliphatic hydroxyl groups excluding tert-OH is 1. The van der Waals surface area contributed by atoms with Gasteiger partial charge in [0, 0.05) is 31.7 Å². The second kappa shape index (κ2) is 9.75. The third kappa shape index (κ3) is 5.01. The molecule has 0 radical (unpaired) electrons. The number of guanidine groups is 1. The zero-order chi connectivity index (χ0) is 17.7. The molecule has 1 aromatic rings. The summed E-state index contributed by atoms with van der Waals surface area (Å²) in [4.78, 5) is 6.98. The first-order valence-corrected chi connectivity index (χ1v) is 9.09. The maximum absolute atomic E-state index is 10.4. The Morgan fingerprint density at radius 2 is 2.15 bits per heavy atom. The van der Waals surface area contributed by atoms with Gasteiger partial charge in [-0.05, 0) is 37.5 Å². The molecule has 2 atom stereocenters. The fourth-order valence-corrected chi connectivity index (χ4v) is 3.62. The van der Waals surface area contributed by atoms with Crippen LogP contribution in [0.5, 0.6) is 5.75 Å². The molecule has 0 saturated carbocycles. The molecule has 1 aromatic carbocycles. The first-order valence-electron chi connectivity index (χ1n) is 9.09. The lowest BCUT2D eigenvalue weighted by Gasteiger charge is -2.25. The van der Waals surface area contributed by atoms with Gasteiger partial charge in [-0.1, -0.05) is 12.1 Å². The highest BCUT2D eigenvalue weighted by molar-refractivity contribution is 14.0. The average Bonchev–Trinajstić information content (AvgIpc) is 3.28. The van der Waals surface area contributed by atoms with Crippen molar-refractivity contribution < 1.29 is 14.6 Å². The smallest absolute Gasteiger partial charge is 0.194 e. The zero-order valence-corrected chi connectivity index (χ0v) is 17.9. The summed E-state index contributed by atoms with van der Waals surface area (Å²) >= 11 is 0. The fraction of sp³-hybridized carbons (Fsp3) is 0.632. The molecule has 2 unspecified atom stereocenters. The Kier molecular flexibility index (Phi) is 7.97. The molecule has 0 amide bonds. The van der Waals surface area contributed by atoms with Crippen molar-refractivity contribution in [2.45, 2.75) is 25.9 Å². The van der Waals surface area contributed by atoms with Crippen LogP contribution in [-0.4, -0.2) is 62.5 Å². The normalized spacial score (nSPS) is 23.8. The second-order valence-electron chi connectivity index (χ2n) is 6.96. The largest absolute Gasteiger partial charge is 0.497 e. The lowest BCUT2D eigenvalue weighted by Crippen LogP contribution is -2.41. The molecule has 2 N–H and O–H groups in total. The Hall–Kier alpha value is -1.06. The van der Waals surface area contributed by atoms with E-state index in [2.05, 4.69) is 22.1 Å². The molecule has 2 aliphatic rings. The summed E-state index contributed by atoms with van der Waals surface area (Å²) in [5.41, 5.74) is 1.15. The average molecular weight is 475 g/mol. The molecule has 26 heavy (non-hydrogen) atoms. The summed E-state index contributed by atoms with van der Waals surface area (Å²) in [6, 6.07) is 7.48. The fourth-order valence-electron chi connectivity index (χ4n) is 3.62. The minimum Gasteiger partial charge on any atom is -0.497 e. The van der Waals surface area contributed by atoms with Crippen LogP contribution in [0.15, 0.2) is 29.3 Å². The Bertz CT molecular complexity index is 588. The number of ether oxygens (including phenoxy) is 2. The number of nitrogens with one attached hydrogen (secondary N) is 1. The summed E-state index contributed by atoms with van der Waals surface area (Å²) in [7, 11) is 1.64. The monoisotopic (exact) mass is 475 g/mol. The van der Waals surface area contributed by atoms with E-state index in [1.165, 1.54) is 0 Å². The molecule has 2 fully saturated rings. The topological polar surface area (TPSA) is 66.3 Å². The van der Waals surface area contributed by atoms with E-state index >= 15 is 0 Å². The van der Waals surface area contributed by atoms with E-state index in [0.29, 0.717) is 12.0 Å². The molecular weight excluding hydrogens is 445 g/mol. The van der Waals surface area contributed by atoms with Gasteiger partial charge >= 0.3 is 0 Å². The third-order valence-electron chi connectivity index (χ3n) is 5.17. The van der Waals surface area contributed by atoms with Crippen molar-refractivity contribution in [2.24, 2.45) is 10.4 Å². The van der Waals surface area contributed by atoms with E-state index in [0.717, 1.165) is 63.0 Å². The molecule has 2 heterocycles. The van der Waals surface area contributed by atoms with Gasteiger partial charge in [0.2, 0.25) is 0 Å². The van der Waals surface area contributed by atoms with E-state index in [9.17, 15) is 5.11 Å². The molecule has 2 aliphatic heterocycles. The lowest BCUT2D eigenvalue weighted by atomic mass is 9.87. The van der Waals surface area contributed by atoms with Gasteiger partial charge in [-0.25, -0.2) is 0 Å². The van der Waals surface area contributed by atoms with Crippen LogP contribution in [0.25, 0.3) is 0 Å². The van der Waals surface area contributed by atoms with Crippen LogP contribution in [0.2, 0.25) is 0 Å². The van der Waals surface area contributed by atoms with Crippen LogP contribution in [-0.2, 0) is 4.74 Å². The predicted octanol–water partition coefficient (Wildman–Crippen LogP) is 2.42. The summed E-state index contributed by atoms with van der Waals surface area (Å²) in [6.45, 7) is 6.94. The number of benzene rings is 1. The Balaban J connectivity index is 0.00000243. The van der Waals surface area contributed by atoms with Crippen LogP contribution in [0.1, 0.15) is 31.4 Å². The number of aliphatic imine (C=N–C) groups is 1. The Morgan fingerprint density at radius 1 is 1.38 bits per heavy atom. The van der Waals surface area contributed by atoms with Crippen molar-refractivity contribution in [3.63, 3.8) is 0 Å². The van der Waals surface area contributed by atoms with Crippen LogP contribution >= 0.6 is 24.0 Å². The van der Waals surface area contributed by atoms with Crippen molar-refractivity contribution in [2.75, 3.05) is 46.5 Å². The number of nitrogens with zero attached hydrogens (tertiary/aromatic N) is 2. The molecule has 1 spiro atoms. The van der Waals surface area contributed by atoms with Gasteiger partial charge in [0.15, 0.2) is 5.96 Å². The highest BCUT2D eigenvalue weighted by atomic mass is 127. The molecule has 146 valence electrons. The number of hydrogen-bond donors (Lipinski definition) is 2. The van der Waals surface area contributed by atoms with E-state index in [-0.39, 0.29) is 24.0 Å². The second-order valence-corrected chi connectivity index (χ2v) is 6.96. The minimum atomic E-state index is -0.620. The standard InChI is InChI=1S/C19H29N3O3.HI/c1-3-20-18(22-10-8-19(13-22)9-11-25-14-19)21-12-17(23)15-4-6-16(24-2)7-5-15;/h4-7,17,23H,3,8-14H2,1-2H3,(H,20,21);1H. The van der Waals surface area contributed by atoms with Crippen molar-refractivity contribution in [3.8, 4) is 5.75 Å². The van der Waals surface area contributed by atoms with E-state index in [4.69, 9.17) is 9.47 Å². The third-order valence-corrected chi connectivity index (χ3v) is 5.17. The first-order chi connectivity index (χ1) is 12.2. The van der Waals surface area contributed by atoms with Crippen molar-refractivity contribution >= 4 is 29.9 Å². The van der Waals surface area contributed by atoms with Crippen molar-refractivity contribution in [3.05, 3.63) is 29.8 Å². The molecule has 6 nitrogen and oxygen atoms in total. The van der Waals surface area contributed by atoms with E-state index in [1.54, 1.807) is 7.11 Å². The maximum atomic E-state index is 10.4. The summed E-state index contributed by atoms with van der Waals surface area (Å²) in [6.07, 6.45) is 1.67. The van der Waals surface area contributed by atoms with E-state index in [1.807, 2.05) is 24.3 Å². The lowest BCUT2D eigenvalue weighted by molar-refractivity contribution is 0.156. The molecule has 7 heteroatoms. The van der Waals surface area contributed by atoms with Crippen LogP contribution < -0.4 is 10.1 Å².